The van der Waals surface area contributed by atoms with Crippen LogP contribution in [0.1, 0.15) is 32.0 Å². The van der Waals surface area contributed by atoms with E-state index < -0.39 is 5.97 Å². The lowest BCUT2D eigenvalue weighted by Gasteiger charge is -2.16. The predicted octanol–water partition coefficient (Wildman–Crippen LogP) is 1.14. The first kappa shape index (κ1) is 13.4. The number of carbonyl (C=O) groups is 1. The van der Waals surface area contributed by atoms with Crippen molar-refractivity contribution in [3.05, 3.63) is 5.82 Å². The first-order valence-corrected chi connectivity index (χ1v) is 6.96. The maximum atomic E-state index is 10.6. The summed E-state index contributed by atoms with van der Waals surface area (Å²) in [6, 6.07) is 0. The zero-order valence-corrected chi connectivity index (χ0v) is 11.1. The topological polar surface area (TPSA) is 88.2 Å². The summed E-state index contributed by atoms with van der Waals surface area (Å²) in [5.74, 6) is -0.401. The molecule has 0 saturated heterocycles. The average molecular weight is 271 g/mol. The molecule has 1 aliphatic carbocycles. The number of hydrogen-bond donors (Lipinski definition) is 2. The molecular weight excluding hydrogens is 254 g/mol. The summed E-state index contributed by atoms with van der Waals surface area (Å²) in [7, 11) is 0. The zero-order valence-electron chi connectivity index (χ0n) is 10.3. The molecule has 1 heterocycles. The molecule has 0 amide bonds. The number of aliphatic hydroxyl groups excluding tert-OH is 1. The van der Waals surface area contributed by atoms with Crippen LogP contribution in [0.15, 0.2) is 5.16 Å². The molecule has 0 atom stereocenters. The van der Waals surface area contributed by atoms with Gasteiger partial charge in [0.2, 0.25) is 0 Å². The highest BCUT2D eigenvalue weighted by atomic mass is 32.2. The fourth-order valence-corrected chi connectivity index (χ4v) is 2.64. The van der Waals surface area contributed by atoms with Crippen molar-refractivity contribution in [2.75, 3.05) is 5.75 Å². The zero-order chi connectivity index (χ0) is 13.2. The summed E-state index contributed by atoms with van der Waals surface area (Å²) in [4.78, 5) is 10.6. The maximum absolute atomic E-state index is 10.6. The van der Waals surface area contributed by atoms with Gasteiger partial charge in [0.05, 0.1) is 5.75 Å². The van der Waals surface area contributed by atoms with Crippen LogP contribution in [0.25, 0.3) is 0 Å². The molecule has 100 valence electrons. The third-order valence-corrected chi connectivity index (χ3v) is 4.41. The number of aliphatic carboxylic acids is 1. The first-order valence-electron chi connectivity index (χ1n) is 5.98. The van der Waals surface area contributed by atoms with Gasteiger partial charge in [-0.25, -0.2) is 0 Å². The fraction of sp³-hybridized carbons (Fsp3) is 0.727. The smallest absolute Gasteiger partial charge is 0.313 e. The van der Waals surface area contributed by atoms with Gasteiger partial charge in [0, 0.05) is 6.54 Å². The van der Waals surface area contributed by atoms with Crippen LogP contribution in [-0.2, 0) is 17.9 Å². The Kier molecular flexibility index (Phi) is 3.91. The molecule has 0 bridgehead atoms. The Bertz CT molecular complexity index is 443. The van der Waals surface area contributed by atoms with E-state index in [0.717, 1.165) is 24.7 Å². The van der Waals surface area contributed by atoms with Gasteiger partial charge in [0.25, 0.3) is 0 Å². The Morgan fingerprint density at radius 3 is 2.72 bits per heavy atom. The second kappa shape index (κ2) is 5.27. The fourth-order valence-electron chi connectivity index (χ4n) is 1.96. The number of aromatic nitrogens is 3. The lowest BCUT2D eigenvalue weighted by Crippen LogP contribution is -2.15. The van der Waals surface area contributed by atoms with E-state index in [1.807, 2.05) is 4.57 Å². The lowest BCUT2D eigenvalue weighted by atomic mass is 10.0. The van der Waals surface area contributed by atoms with E-state index in [4.69, 9.17) is 5.11 Å². The van der Waals surface area contributed by atoms with Crippen LogP contribution in [0.5, 0.6) is 0 Å². The minimum Gasteiger partial charge on any atom is -0.481 e. The van der Waals surface area contributed by atoms with Gasteiger partial charge >= 0.3 is 5.97 Å². The van der Waals surface area contributed by atoms with Crippen molar-refractivity contribution in [3.8, 4) is 0 Å². The van der Waals surface area contributed by atoms with Crippen molar-refractivity contribution in [3.63, 3.8) is 0 Å². The van der Waals surface area contributed by atoms with E-state index in [9.17, 15) is 9.90 Å². The highest BCUT2D eigenvalue weighted by Gasteiger charge is 2.41. The third-order valence-electron chi connectivity index (χ3n) is 3.46. The van der Waals surface area contributed by atoms with Crippen molar-refractivity contribution in [1.29, 1.82) is 0 Å². The molecule has 1 aliphatic rings. The number of thioether (sulfide) groups is 1. The highest BCUT2D eigenvalue weighted by Crippen LogP contribution is 2.50. The Balaban J connectivity index is 2.14. The van der Waals surface area contributed by atoms with Gasteiger partial charge in [-0.15, -0.1) is 10.2 Å². The van der Waals surface area contributed by atoms with Crippen LogP contribution in [0.4, 0.5) is 0 Å². The van der Waals surface area contributed by atoms with Crippen LogP contribution < -0.4 is 0 Å². The minimum absolute atomic E-state index is 0.0390. The van der Waals surface area contributed by atoms with E-state index in [-0.39, 0.29) is 12.4 Å². The number of aliphatic hydroxyl groups is 1. The number of hydrogen-bond acceptors (Lipinski definition) is 5. The van der Waals surface area contributed by atoms with Gasteiger partial charge < -0.3 is 14.8 Å². The molecule has 1 aromatic rings. The van der Waals surface area contributed by atoms with E-state index in [2.05, 4.69) is 17.1 Å². The van der Waals surface area contributed by atoms with Gasteiger partial charge in [0.1, 0.15) is 6.61 Å². The Morgan fingerprint density at radius 1 is 1.50 bits per heavy atom. The minimum atomic E-state index is -0.878. The Labute approximate surface area is 109 Å². The van der Waals surface area contributed by atoms with Crippen molar-refractivity contribution in [2.24, 2.45) is 5.41 Å². The Morgan fingerprint density at radius 2 is 2.22 bits per heavy atom. The van der Waals surface area contributed by atoms with Gasteiger partial charge in [-0.05, 0) is 24.7 Å². The molecule has 7 heteroatoms. The molecule has 6 nitrogen and oxygen atoms in total. The average Bonchev–Trinajstić information content (AvgIpc) is 3.02. The second-order valence-electron chi connectivity index (χ2n) is 4.68. The monoisotopic (exact) mass is 271 g/mol. The number of carboxylic acid groups (broad SMARTS) is 1. The quantitative estimate of drug-likeness (QED) is 0.723. The third kappa shape index (κ3) is 2.84. The SMILES string of the molecule is CCC1(Cn2c(CO)nnc2SCC(=O)O)CC1. The van der Waals surface area contributed by atoms with Gasteiger partial charge in [-0.1, -0.05) is 18.7 Å². The molecule has 2 N–H and O–H groups in total. The summed E-state index contributed by atoms with van der Waals surface area (Å²) in [6.45, 7) is 2.76. The maximum Gasteiger partial charge on any atom is 0.313 e. The number of rotatable bonds is 7. The Hall–Kier alpha value is -1.08. The van der Waals surface area contributed by atoms with Crippen molar-refractivity contribution >= 4 is 17.7 Å². The summed E-state index contributed by atoms with van der Waals surface area (Å²) in [5, 5.41) is 26.4. The van der Waals surface area contributed by atoms with E-state index in [1.165, 1.54) is 12.8 Å². The number of nitrogens with zero attached hydrogens (tertiary/aromatic N) is 3. The molecule has 1 fully saturated rings. The van der Waals surface area contributed by atoms with E-state index in [0.29, 0.717) is 16.4 Å². The highest BCUT2D eigenvalue weighted by molar-refractivity contribution is 7.99. The summed E-state index contributed by atoms with van der Waals surface area (Å²) in [5.41, 5.74) is 0.296. The first-order chi connectivity index (χ1) is 8.60. The van der Waals surface area contributed by atoms with Crippen LogP contribution in [-0.4, -0.2) is 36.7 Å². The lowest BCUT2D eigenvalue weighted by molar-refractivity contribution is -0.133. The molecule has 0 spiro atoms. The summed E-state index contributed by atoms with van der Waals surface area (Å²) >= 11 is 1.15. The van der Waals surface area contributed by atoms with Gasteiger partial charge in [-0.3, -0.25) is 4.79 Å². The van der Waals surface area contributed by atoms with Crippen LogP contribution in [0, 0.1) is 5.41 Å². The number of carboxylic acids is 1. The largest absolute Gasteiger partial charge is 0.481 e. The van der Waals surface area contributed by atoms with Crippen molar-refractivity contribution in [1.82, 2.24) is 14.8 Å². The standard InChI is InChI=1S/C11H17N3O3S/c1-2-11(3-4-11)7-14-8(5-15)12-13-10(14)18-6-9(16)17/h15H,2-7H2,1H3,(H,16,17). The van der Waals surface area contributed by atoms with Crippen LogP contribution >= 0.6 is 11.8 Å². The molecule has 0 radical (unpaired) electrons. The van der Waals surface area contributed by atoms with E-state index >= 15 is 0 Å². The van der Waals surface area contributed by atoms with Crippen molar-refractivity contribution in [2.45, 2.75) is 44.5 Å². The predicted molar refractivity (Wildman–Crippen MR) is 66.3 cm³/mol. The van der Waals surface area contributed by atoms with E-state index in [1.54, 1.807) is 0 Å². The summed E-state index contributed by atoms with van der Waals surface area (Å²) < 4.78 is 1.87. The molecule has 0 aromatic carbocycles. The molecular formula is C11H17N3O3S. The molecule has 1 saturated carbocycles. The summed E-state index contributed by atoms with van der Waals surface area (Å²) in [6.07, 6.45) is 3.43. The molecule has 18 heavy (non-hydrogen) atoms. The van der Waals surface area contributed by atoms with Gasteiger partial charge in [0.15, 0.2) is 11.0 Å². The second-order valence-corrected chi connectivity index (χ2v) is 5.62. The van der Waals surface area contributed by atoms with Gasteiger partial charge in [-0.2, -0.15) is 0 Å². The molecule has 0 unspecified atom stereocenters. The van der Waals surface area contributed by atoms with Crippen LogP contribution in [0.2, 0.25) is 0 Å². The van der Waals surface area contributed by atoms with Crippen LogP contribution in [0.3, 0.4) is 0 Å². The molecule has 0 aliphatic heterocycles. The molecule has 2 rings (SSSR count). The van der Waals surface area contributed by atoms with Crippen molar-refractivity contribution < 1.29 is 15.0 Å². The normalized spacial score (nSPS) is 16.8. The molecule has 1 aromatic heterocycles.